The average molecular weight is 529 g/mol. The first-order chi connectivity index (χ1) is 18.1. The molecule has 38 heavy (non-hydrogen) atoms. The molecule has 0 bridgehead atoms. The van der Waals surface area contributed by atoms with Gasteiger partial charge in [-0.2, -0.15) is 0 Å². The number of phenols is 1. The van der Waals surface area contributed by atoms with Gasteiger partial charge in [-0.05, 0) is 61.6 Å². The Bertz CT molecular complexity index is 1420. The van der Waals surface area contributed by atoms with Crippen LogP contribution in [-0.2, 0) is 14.6 Å². The number of hydrogen-bond acceptors (Lipinski definition) is 5. The molecule has 0 radical (unpaired) electrons. The number of hydrogen-bond donors (Lipinski definition) is 1. The van der Waals surface area contributed by atoms with Crippen molar-refractivity contribution in [1.82, 2.24) is 0 Å². The van der Waals surface area contributed by atoms with Crippen LogP contribution in [-0.4, -0.2) is 19.3 Å². The SMILES string of the molecule is C=C/C(C)=C\C=C(/C=C)S(=O)(=O)/C(C=C)=C/C=C(\C=C)O/C(C=C)=C/C=C(\C=C)C(=O)c1ccccc1O. The van der Waals surface area contributed by atoms with E-state index in [9.17, 15) is 18.3 Å². The van der Waals surface area contributed by atoms with E-state index in [-0.39, 0.29) is 38.2 Å². The van der Waals surface area contributed by atoms with E-state index < -0.39 is 15.6 Å². The summed E-state index contributed by atoms with van der Waals surface area (Å²) < 4.78 is 31.9. The van der Waals surface area contributed by atoms with E-state index in [1.807, 2.05) is 0 Å². The van der Waals surface area contributed by atoms with Gasteiger partial charge in [-0.3, -0.25) is 4.79 Å². The Morgan fingerprint density at radius 1 is 0.737 bits per heavy atom. The van der Waals surface area contributed by atoms with Crippen molar-refractivity contribution in [2.45, 2.75) is 6.92 Å². The second-order valence-corrected chi connectivity index (χ2v) is 9.44. The summed E-state index contributed by atoms with van der Waals surface area (Å²) in [6, 6.07) is 6.18. The Kier molecular flexibility index (Phi) is 12.7. The Labute approximate surface area is 225 Å². The third-order valence-electron chi connectivity index (χ3n) is 4.96. The number of phenolic OH excluding ortho intramolecular Hbond substituents is 1. The third kappa shape index (κ3) is 8.76. The van der Waals surface area contributed by atoms with Gasteiger partial charge >= 0.3 is 0 Å². The highest BCUT2D eigenvalue weighted by molar-refractivity contribution is 7.99. The lowest BCUT2D eigenvalue weighted by Crippen LogP contribution is -2.04. The Morgan fingerprint density at radius 2 is 1.26 bits per heavy atom. The number of ketones is 1. The Balaban J connectivity index is 3.35. The van der Waals surface area contributed by atoms with Crippen LogP contribution in [0, 0.1) is 0 Å². The molecule has 0 fully saturated rings. The lowest BCUT2D eigenvalue weighted by atomic mass is 10.0. The molecule has 0 aliphatic heterocycles. The zero-order chi connectivity index (χ0) is 28.7. The molecule has 0 atom stereocenters. The average Bonchev–Trinajstić information content (AvgIpc) is 2.91. The highest BCUT2D eigenvalue weighted by atomic mass is 32.2. The van der Waals surface area contributed by atoms with E-state index in [4.69, 9.17) is 4.74 Å². The number of Topliss-reactive ketones (excluding diaryl/α,β-unsaturated/α-hetero) is 1. The van der Waals surface area contributed by atoms with Crippen LogP contribution in [0.2, 0.25) is 0 Å². The van der Waals surface area contributed by atoms with Gasteiger partial charge in [0.1, 0.15) is 17.3 Å². The maximum Gasteiger partial charge on any atom is 0.206 e. The zero-order valence-electron chi connectivity index (χ0n) is 21.5. The number of ether oxygens (including phenoxy) is 1. The van der Waals surface area contributed by atoms with Crippen LogP contribution < -0.4 is 0 Å². The monoisotopic (exact) mass is 528 g/mol. The molecule has 196 valence electrons. The largest absolute Gasteiger partial charge is 0.507 e. The van der Waals surface area contributed by atoms with Crippen LogP contribution in [0.4, 0.5) is 0 Å². The molecule has 1 rings (SSSR count). The van der Waals surface area contributed by atoms with Gasteiger partial charge in [0.25, 0.3) is 0 Å². The molecular weight excluding hydrogens is 496 g/mol. The van der Waals surface area contributed by atoms with E-state index in [1.165, 1.54) is 72.9 Å². The van der Waals surface area contributed by atoms with Crippen molar-refractivity contribution in [1.29, 1.82) is 0 Å². The summed E-state index contributed by atoms with van der Waals surface area (Å²) in [6.45, 7) is 23.7. The van der Waals surface area contributed by atoms with Crippen molar-refractivity contribution >= 4 is 15.6 Å². The molecule has 0 aliphatic rings. The van der Waals surface area contributed by atoms with Crippen molar-refractivity contribution < 1.29 is 23.1 Å². The van der Waals surface area contributed by atoms with Gasteiger partial charge in [0, 0.05) is 5.57 Å². The number of aromatic hydroxyl groups is 1. The zero-order valence-corrected chi connectivity index (χ0v) is 22.3. The van der Waals surface area contributed by atoms with E-state index in [0.717, 1.165) is 5.57 Å². The molecule has 0 aliphatic carbocycles. The minimum Gasteiger partial charge on any atom is -0.507 e. The maximum atomic E-state index is 13.1. The fourth-order valence-electron chi connectivity index (χ4n) is 2.77. The van der Waals surface area contributed by atoms with Crippen LogP contribution in [0.25, 0.3) is 0 Å². The molecule has 1 aromatic carbocycles. The number of sulfone groups is 1. The number of benzene rings is 1. The molecule has 1 N–H and O–H groups in total. The summed E-state index contributed by atoms with van der Waals surface area (Å²) in [5.41, 5.74) is 1.12. The Morgan fingerprint density at radius 3 is 1.74 bits per heavy atom. The highest BCUT2D eigenvalue weighted by Gasteiger charge is 2.18. The third-order valence-corrected chi connectivity index (χ3v) is 6.81. The fourth-order valence-corrected chi connectivity index (χ4v) is 3.98. The van der Waals surface area contributed by atoms with Gasteiger partial charge < -0.3 is 9.84 Å². The number of carbonyl (C=O) groups excluding carboxylic acids is 1. The number of carbonyl (C=O) groups is 1. The van der Waals surface area contributed by atoms with Crippen LogP contribution in [0.1, 0.15) is 17.3 Å². The van der Waals surface area contributed by atoms with Crippen molar-refractivity contribution in [2.75, 3.05) is 0 Å². The normalized spacial score (nSPS) is 13.8. The van der Waals surface area contributed by atoms with E-state index in [0.29, 0.717) is 0 Å². The smallest absolute Gasteiger partial charge is 0.206 e. The predicted molar refractivity (Wildman–Crippen MR) is 158 cm³/mol. The first kappa shape index (κ1) is 31.4. The van der Waals surface area contributed by atoms with Gasteiger partial charge in [-0.25, -0.2) is 8.42 Å². The van der Waals surface area contributed by atoms with Gasteiger partial charge in [0.2, 0.25) is 9.84 Å². The second kappa shape index (κ2) is 15.4. The predicted octanol–water partition coefficient (Wildman–Crippen LogP) is 7.53. The quantitative estimate of drug-likeness (QED) is 0.110. The van der Waals surface area contributed by atoms with Crippen molar-refractivity contribution in [3.63, 3.8) is 0 Å². The van der Waals surface area contributed by atoms with Crippen molar-refractivity contribution in [3.8, 4) is 5.75 Å². The molecule has 0 unspecified atom stereocenters. The van der Waals surface area contributed by atoms with E-state index in [1.54, 1.807) is 31.2 Å². The number of rotatable bonds is 15. The summed E-state index contributed by atoms with van der Waals surface area (Å²) in [5, 5.41) is 9.97. The van der Waals surface area contributed by atoms with Crippen molar-refractivity contribution in [2.24, 2.45) is 0 Å². The maximum absolute atomic E-state index is 13.1. The summed E-state index contributed by atoms with van der Waals surface area (Å²) >= 11 is 0. The van der Waals surface area contributed by atoms with Crippen LogP contribution >= 0.6 is 0 Å². The van der Waals surface area contributed by atoms with Gasteiger partial charge in [0.15, 0.2) is 5.78 Å². The van der Waals surface area contributed by atoms with Gasteiger partial charge in [-0.1, -0.05) is 87.6 Å². The summed E-state index contributed by atoms with van der Waals surface area (Å²) in [7, 11) is -3.91. The summed E-state index contributed by atoms with van der Waals surface area (Å²) in [6.07, 6.45) is 16.9. The summed E-state index contributed by atoms with van der Waals surface area (Å²) in [4.78, 5) is 12.7. The molecule has 1 aromatic rings. The van der Waals surface area contributed by atoms with E-state index >= 15 is 0 Å². The molecule has 0 spiro atoms. The molecule has 0 heterocycles. The lowest BCUT2D eigenvalue weighted by Gasteiger charge is -2.08. The fraction of sp³-hybridized carbons (Fsp3) is 0.0312. The lowest BCUT2D eigenvalue weighted by molar-refractivity contribution is 0.103. The van der Waals surface area contributed by atoms with Crippen molar-refractivity contribution in [3.05, 3.63) is 175 Å². The number of allylic oxidation sites excluding steroid dienone is 14. The summed E-state index contributed by atoms with van der Waals surface area (Å²) in [5.74, 6) is -0.121. The minimum atomic E-state index is -3.91. The van der Waals surface area contributed by atoms with Crippen LogP contribution in [0.3, 0.4) is 0 Å². The van der Waals surface area contributed by atoms with Crippen LogP contribution in [0.5, 0.6) is 5.75 Å². The van der Waals surface area contributed by atoms with Crippen LogP contribution in [0.15, 0.2) is 169 Å². The molecule has 5 nitrogen and oxygen atoms in total. The molecule has 0 amide bonds. The second-order valence-electron chi connectivity index (χ2n) is 7.49. The molecule has 0 aromatic heterocycles. The van der Waals surface area contributed by atoms with E-state index in [2.05, 4.69) is 39.5 Å². The minimum absolute atomic E-state index is 0.0118. The first-order valence-electron chi connectivity index (χ1n) is 11.3. The standard InChI is InChI=1S/C32H32O5S/c1-8-24(7)18-22-28(12-5)38(35,36)29(13-6)23-21-27(11-4)37-26(10-3)20-19-25(9-2)32(34)30-16-14-15-17-31(30)33/h8-23,33H,1-6H2,7H3/b24-18-,25-19+,26-20+,27-21+,28-22+,29-23+. The topological polar surface area (TPSA) is 80.7 Å². The van der Waals surface area contributed by atoms with Gasteiger partial charge in [-0.15, -0.1) is 0 Å². The number of para-hydroxylation sites is 1. The molecule has 6 heteroatoms. The highest BCUT2D eigenvalue weighted by Crippen LogP contribution is 2.22. The Hall–Kier alpha value is -4.68. The van der Waals surface area contributed by atoms with Gasteiger partial charge in [0.05, 0.1) is 15.4 Å². The molecule has 0 saturated carbocycles. The molecule has 0 saturated heterocycles. The first-order valence-corrected chi connectivity index (χ1v) is 12.8. The molecular formula is C32H32O5S.